The Balaban J connectivity index is 1.77. The van der Waals surface area contributed by atoms with Crippen LogP contribution < -0.4 is 4.74 Å². The number of fused-ring (bicyclic) bond motifs is 1. The predicted molar refractivity (Wildman–Crippen MR) is 127 cm³/mol. The first-order chi connectivity index (χ1) is 15.5. The van der Waals surface area contributed by atoms with Gasteiger partial charge in [-0.15, -0.1) is 0 Å². The molecule has 3 rings (SSSR count). The summed E-state index contributed by atoms with van der Waals surface area (Å²) in [6, 6.07) is 3.79. The summed E-state index contributed by atoms with van der Waals surface area (Å²) in [5.41, 5.74) is 0.522. The fraction of sp³-hybridized carbons (Fsp3) is 0.615. The predicted octanol–water partition coefficient (Wildman–Crippen LogP) is 4.63. The zero-order valence-corrected chi connectivity index (χ0v) is 20.9. The van der Waals surface area contributed by atoms with E-state index in [-0.39, 0.29) is 36.0 Å². The van der Waals surface area contributed by atoms with Gasteiger partial charge in [-0.25, -0.2) is 4.79 Å². The molecular weight excluding hydrogens is 420 g/mol. The summed E-state index contributed by atoms with van der Waals surface area (Å²) in [6.07, 6.45) is 6.79. The third-order valence-corrected chi connectivity index (χ3v) is 6.70. The van der Waals surface area contributed by atoms with Gasteiger partial charge in [0.25, 0.3) is 0 Å². The topological polar surface area (TPSA) is 81.1 Å². The minimum Gasteiger partial charge on any atom is -0.495 e. The van der Waals surface area contributed by atoms with E-state index in [4.69, 9.17) is 14.2 Å². The number of ether oxygens (including phenoxy) is 3. The van der Waals surface area contributed by atoms with E-state index in [0.29, 0.717) is 18.9 Å². The maximum atomic E-state index is 13.0. The Bertz CT molecular complexity index is 923. The molecule has 1 aliphatic carbocycles. The largest absolute Gasteiger partial charge is 0.495 e. The van der Waals surface area contributed by atoms with Crippen molar-refractivity contribution in [3.63, 3.8) is 0 Å². The van der Waals surface area contributed by atoms with Gasteiger partial charge < -0.3 is 24.2 Å². The molecule has 2 unspecified atom stereocenters. The first-order valence-corrected chi connectivity index (χ1v) is 11.7. The number of nitrogens with zero attached hydrogens (tertiary/aromatic N) is 2. The maximum Gasteiger partial charge on any atom is 0.410 e. The molecule has 2 aliphatic rings. The van der Waals surface area contributed by atoms with Crippen LogP contribution in [0.15, 0.2) is 36.1 Å². The third kappa shape index (κ3) is 5.35. The first kappa shape index (κ1) is 25.1. The van der Waals surface area contributed by atoms with Crippen LogP contribution in [0.5, 0.6) is 5.75 Å². The van der Waals surface area contributed by atoms with Crippen LogP contribution in [0.25, 0.3) is 0 Å². The zero-order valence-electron chi connectivity index (χ0n) is 20.9. The average molecular weight is 459 g/mol. The maximum absolute atomic E-state index is 13.0. The lowest BCUT2D eigenvalue weighted by molar-refractivity contribution is -0.0546. The molecule has 0 saturated carbocycles. The van der Waals surface area contributed by atoms with E-state index in [1.165, 1.54) is 0 Å². The molecule has 33 heavy (non-hydrogen) atoms. The number of amides is 1. The normalized spacial score (nSPS) is 24.9. The monoisotopic (exact) mass is 458 g/mol. The Hall–Kier alpha value is -2.54. The Morgan fingerprint density at radius 1 is 1.36 bits per heavy atom. The van der Waals surface area contributed by atoms with Crippen LogP contribution >= 0.6 is 0 Å². The number of aryl methyl sites for hydroxylation is 1. The number of carbonyl (C=O) groups is 1. The highest BCUT2D eigenvalue weighted by atomic mass is 16.6. The molecular formula is C26H38N2O5. The number of hydrogen-bond acceptors (Lipinski definition) is 6. The van der Waals surface area contributed by atoms with Crippen molar-refractivity contribution in [2.75, 3.05) is 20.3 Å². The van der Waals surface area contributed by atoms with Crippen LogP contribution in [-0.2, 0) is 16.1 Å². The molecule has 7 nitrogen and oxygen atoms in total. The smallest absolute Gasteiger partial charge is 0.410 e. The molecule has 1 aliphatic heterocycles. The van der Waals surface area contributed by atoms with E-state index in [9.17, 15) is 9.90 Å². The van der Waals surface area contributed by atoms with Gasteiger partial charge in [0, 0.05) is 23.7 Å². The molecule has 182 valence electrons. The molecule has 1 aromatic heterocycles. The molecule has 1 aromatic rings. The summed E-state index contributed by atoms with van der Waals surface area (Å²) >= 11 is 0. The van der Waals surface area contributed by atoms with Gasteiger partial charge in [0.05, 0.1) is 13.7 Å². The van der Waals surface area contributed by atoms with Gasteiger partial charge in [-0.3, -0.25) is 4.98 Å². The second-order valence-corrected chi connectivity index (χ2v) is 10.2. The molecule has 1 amide bonds. The lowest BCUT2D eigenvalue weighted by Gasteiger charge is -2.53. The second-order valence-electron chi connectivity index (χ2n) is 10.2. The minimum absolute atomic E-state index is 0.0363. The van der Waals surface area contributed by atoms with Crippen molar-refractivity contribution in [1.29, 1.82) is 0 Å². The molecule has 0 spiro atoms. The van der Waals surface area contributed by atoms with Crippen molar-refractivity contribution in [3.8, 4) is 5.75 Å². The first-order valence-electron chi connectivity index (χ1n) is 11.7. The molecule has 0 radical (unpaired) electrons. The van der Waals surface area contributed by atoms with Crippen LogP contribution in [0.2, 0.25) is 0 Å². The van der Waals surface area contributed by atoms with Crippen molar-refractivity contribution in [2.24, 2.45) is 17.3 Å². The summed E-state index contributed by atoms with van der Waals surface area (Å²) in [5, 5.41) is 9.52. The number of aliphatic hydroxyl groups is 1. The number of carbonyl (C=O) groups excluding carboxylic acids is 1. The van der Waals surface area contributed by atoms with Crippen LogP contribution in [0.3, 0.4) is 0 Å². The van der Waals surface area contributed by atoms with E-state index in [2.05, 4.69) is 37.9 Å². The number of piperidine rings is 1. The minimum atomic E-state index is -0.912. The molecule has 1 N–H and O–H groups in total. The Labute approximate surface area is 197 Å². The third-order valence-electron chi connectivity index (χ3n) is 6.70. The summed E-state index contributed by atoms with van der Waals surface area (Å²) in [4.78, 5) is 19.4. The summed E-state index contributed by atoms with van der Waals surface area (Å²) in [7, 11) is 1.63. The van der Waals surface area contributed by atoms with E-state index < -0.39 is 5.60 Å². The summed E-state index contributed by atoms with van der Waals surface area (Å²) in [5.74, 6) is 1.97. The van der Waals surface area contributed by atoms with Crippen molar-refractivity contribution in [3.05, 3.63) is 47.5 Å². The Morgan fingerprint density at radius 3 is 2.73 bits per heavy atom. The van der Waals surface area contributed by atoms with Gasteiger partial charge in [-0.05, 0) is 63.3 Å². The van der Waals surface area contributed by atoms with Crippen LogP contribution in [0, 0.1) is 24.2 Å². The van der Waals surface area contributed by atoms with Gasteiger partial charge in [0.15, 0.2) is 0 Å². The van der Waals surface area contributed by atoms with Crippen molar-refractivity contribution < 1.29 is 24.1 Å². The van der Waals surface area contributed by atoms with Crippen LogP contribution in [-0.4, -0.2) is 53.0 Å². The number of aromatic nitrogens is 1. The van der Waals surface area contributed by atoms with Gasteiger partial charge in [0.2, 0.25) is 0 Å². The second kappa shape index (κ2) is 9.75. The average Bonchev–Trinajstić information content (AvgIpc) is 2.76. The lowest BCUT2D eigenvalue weighted by Crippen LogP contribution is -2.59. The van der Waals surface area contributed by atoms with Crippen molar-refractivity contribution >= 4 is 6.09 Å². The highest BCUT2D eigenvalue weighted by molar-refractivity contribution is 5.69. The molecule has 7 heteroatoms. The summed E-state index contributed by atoms with van der Waals surface area (Å²) < 4.78 is 17.1. The highest BCUT2D eigenvalue weighted by Gasteiger charge is 2.50. The molecule has 1 fully saturated rings. The SMILES string of the molecule is COc1ccc(C)nc1COC1=CC2CCN(C(=O)OC(C)(C)CO)[C@@H](C(C)C)C2(C)C=C1. The van der Waals surface area contributed by atoms with Crippen LogP contribution in [0.4, 0.5) is 4.79 Å². The van der Waals surface area contributed by atoms with Gasteiger partial charge in [-0.2, -0.15) is 0 Å². The van der Waals surface area contributed by atoms with Crippen molar-refractivity contribution in [2.45, 2.75) is 66.2 Å². The summed E-state index contributed by atoms with van der Waals surface area (Å²) in [6.45, 7) is 12.5. The lowest BCUT2D eigenvalue weighted by atomic mass is 9.62. The molecule has 1 saturated heterocycles. The van der Waals surface area contributed by atoms with E-state index in [1.807, 2.05) is 30.0 Å². The Kier molecular flexibility index (Phi) is 7.42. The fourth-order valence-electron chi connectivity index (χ4n) is 5.03. The standard InChI is InChI=1S/C26H38N2O5/c1-17(2)23-26(6)12-10-20(32-15-21-22(31-7)9-8-18(3)27-21)14-19(26)11-13-28(23)24(30)33-25(4,5)16-29/h8-10,12,14,17,19,23,29H,11,13,15-16H2,1-7H3/t19?,23-,26?/m0/s1. The van der Waals surface area contributed by atoms with E-state index in [1.54, 1.807) is 21.0 Å². The quantitative estimate of drug-likeness (QED) is 0.642. The van der Waals surface area contributed by atoms with Crippen LogP contribution in [0.1, 0.15) is 52.4 Å². The number of aliphatic hydroxyl groups excluding tert-OH is 1. The molecule has 2 heterocycles. The number of methoxy groups -OCH3 is 1. The zero-order chi connectivity index (χ0) is 24.4. The fourth-order valence-corrected chi connectivity index (χ4v) is 5.03. The van der Waals surface area contributed by atoms with E-state index in [0.717, 1.165) is 23.6 Å². The number of allylic oxidation sites excluding steroid dienone is 2. The van der Waals surface area contributed by atoms with E-state index >= 15 is 0 Å². The molecule has 3 atom stereocenters. The highest BCUT2D eigenvalue weighted by Crippen LogP contribution is 2.48. The number of pyridine rings is 1. The number of rotatable bonds is 7. The van der Waals surface area contributed by atoms with Gasteiger partial charge in [0.1, 0.15) is 29.4 Å². The molecule has 0 bridgehead atoms. The van der Waals surface area contributed by atoms with Crippen molar-refractivity contribution in [1.82, 2.24) is 9.88 Å². The van der Waals surface area contributed by atoms with Gasteiger partial charge >= 0.3 is 6.09 Å². The number of likely N-dealkylation sites (tertiary alicyclic amines) is 1. The molecule has 0 aromatic carbocycles. The Morgan fingerprint density at radius 2 is 2.09 bits per heavy atom. The van der Waals surface area contributed by atoms with Gasteiger partial charge in [-0.1, -0.05) is 26.8 Å². The number of hydrogen-bond donors (Lipinski definition) is 1.